The summed E-state index contributed by atoms with van der Waals surface area (Å²) in [5.74, 6) is -1.24. The molecular formula is C19H14BrClN2O4S. The molecule has 0 unspecified atom stereocenters. The molecule has 0 bridgehead atoms. The standard InChI is InChI=1S/C19H14BrClN2O4S/c1-2-27-15-9-10(8-14(21)16(15)24)7-13-17(25)22-19(28)23(18(13)26)12-5-3-11(20)4-6-12/h3-9,24H,2H2,1H3,(H,22,25,28)/b13-7+. The molecule has 0 saturated carbocycles. The van der Waals surface area contributed by atoms with Gasteiger partial charge in [-0.05, 0) is 67.2 Å². The van der Waals surface area contributed by atoms with E-state index in [0.717, 1.165) is 4.47 Å². The number of phenolic OH excluding ortho intramolecular Hbond substituents is 1. The van der Waals surface area contributed by atoms with Crippen LogP contribution in [0, 0.1) is 0 Å². The molecule has 144 valence electrons. The maximum Gasteiger partial charge on any atom is 0.270 e. The van der Waals surface area contributed by atoms with Crippen LogP contribution in [-0.4, -0.2) is 28.6 Å². The third-order valence-electron chi connectivity index (χ3n) is 3.85. The van der Waals surface area contributed by atoms with Gasteiger partial charge in [0, 0.05) is 4.47 Å². The highest BCUT2D eigenvalue weighted by molar-refractivity contribution is 9.10. The summed E-state index contributed by atoms with van der Waals surface area (Å²) in [5.41, 5.74) is 0.817. The SMILES string of the molecule is CCOc1cc(/C=C2\C(=O)NC(=S)N(c3ccc(Br)cc3)C2=O)cc(Cl)c1O. The van der Waals surface area contributed by atoms with E-state index in [9.17, 15) is 14.7 Å². The van der Waals surface area contributed by atoms with Gasteiger partial charge in [0.05, 0.1) is 17.3 Å². The molecule has 1 aliphatic heterocycles. The van der Waals surface area contributed by atoms with Gasteiger partial charge in [-0.25, -0.2) is 0 Å². The minimum atomic E-state index is -0.620. The van der Waals surface area contributed by atoms with Crippen LogP contribution < -0.4 is 15.0 Å². The lowest BCUT2D eigenvalue weighted by atomic mass is 10.1. The molecule has 0 radical (unpaired) electrons. The molecule has 1 heterocycles. The number of carbonyl (C=O) groups is 2. The second kappa shape index (κ2) is 8.30. The molecule has 2 aromatic carbocycles. The van der Waals surface area contributed by atoms with Crippen LogP contribution in [0.2, 0.25) is 5.02 Å². The average Bonchev–Trinajstić information content (AvgIpc) is 2.64. The third kappa shape index (κ3) is 4.04. The minimum absolute atomic E-state index is 0.00628. The zero-order valence-electron chi connectivity index (χ0n) is 14.5. The largest absolute Gasteiger partial charge is 0.503 e. The molecule has 6 nitrogen and oxygen atoms in total. The van der Waals surface area contributed by atoms with Crippen LogP contribution in [-0.2, 0) is 9.59 Å². The molecule has 1 fully saturated rings. The number of nitrogens with one attached hydrogen (secondary N) is 1. The highest BCUT2D eigenvalue weighted by Crippen LogP contribution is 2.36. The lowest BCUT2D eigenvalue weighted by molar-refractivity contribution is -0.122. The molecule has 9 heteroatoms. The van der Waals surface area contributed by atoms with Crippen LogP contribution in [0.3, 0.4) is 0 Å². The number of thiocarbonyl (C=S) groups is 1. The van der Waals surface area contributed by atoms with Crippen LogP contribution in [0.15, 0.2) is 46.4 Å². The Hall–Kier alpha value is -2.42. The molecule has 2 amide bonds. The summed E-state index contributed by atoms with van der Waals surface area (Å²) in [7, 11) is 0. The predicted molar refractivity (Wildman–Crippen MR) is 115 cm³/mol. The van der Waals surface area contributed by atoms with E-state index in [1.54, 1.807) is 31.2 Å². The summed E-state index contributed by atoms with van der Waals surface area (Å²) < 4.78 is 6.18. The Morgan fingerprint density at radius 2 is 1.96 bits per heavy atom. The van der Waals surface area contributed by atoms with Crippen molar-refractivity contribution in [2.45, 2.75) is 6.92 Å². The van der Waals surface area contributed by atoms with Gasteiger partial charge in [-0.2, -0.15) is 0 Å². The molecule has 0 aromatic heterocycles. The van der Waals surface area contributed by atoms with Gasteiger partial charge in [0.1, 0.15) is 5.57 Å². The zero-order valence-corrected chi connectivity index (χ0v) is 17.7. The van der Waals surface area contributed by atoms with E-state index in [0.29, 0.717) is 17.9 Å². The van der Waals surface area contributed by atoms with Crippen molar-refractivity contribution < 1.29 is 19.4 Å². The van der Waals surface area contributed by atoms with Gasteiger partial charge in [0.2, 0.25) is 0 Å². The monoisotopic (exact) mass is 480 g/mol. The Morgan fingerprint density at radius 1 is 1.29 bits per heavy atom. The van der Waals surface area contributed by atoms with Gasteiger partial charge >= 0.3 is 0 Å². The Kier molecular flexibility index (Phi) is 6.02. The van der Waals surface area contributed by atoms with Crippen molar-refractivity contribution in [2.24, 2.45) is 0 Å². The zero-order chi connectivity index (χ0) is 20.4. The number of hydrogen-bond acceptors (Lipinski definition) is 5. The number of rotatable bonds is 4. The summed E-state index contributed by atoms with van der Waals surface area (Å²) >= 11 is 14.5. The van der Waals surface area contributed by atoms with E-state index in [1.165, 1.54) is 23.1 Å². The van der Waals surface area contributed by atoms with Gasteiger partial charge in [0.15, 0.2) is 16.6 Å². The maximum absolute atomic E-state index is 13.0. The first-order chi connectivity index (χ1) is 13.3. The minimum Gasteiger partial charge on any atom is -0.503 e. The quantitative estimate of drug-likeness (QED) is 0.391. The number of aromatic hydroxyl groups is 1. The molecular weight excluding hydrogens is 468 g/mol. The number of hydrogen-bond donors (Lipinski definition) is 2. The Labute approximate surface area is 179 Å². The maximum atomic E-state index is 13.0. The van der Waals surface area contributed by atoms with Crippen molar-refractivity contribution in [1.82, 2.24) is 5.32 Å². The number of anilines is 1. The van der Waals surface area contributed by atoms with Crippen molar-refractivity contribution in [1.29, 1.82) is 0 Å². The normalized spacial score (nSPS) is 15.8. The summed E-state index contributed by atoms with van der Waals surface area (Å²) in [4.78, 5) is 26.6. The Bertz CT molecular complexity index is 1010. The number of phenols is 1. The number of ether oxygens (including phenoxy) is 1. The molecule has 1 aliphatic rings. The van der Waals surface area contributed by atoms with Crippen molar-refractivity contribution >= 4 is 68.4 Å². The topological polar surface area (TPSA) is 78.9 Å². The fraction of sp³-hybridized carbons (Fsp3) is 0.105. The lowest BCUT2D eigenvalue weighted by Crippen LogP contribution is -2.54. The summed E-state index contributed by atoms with van der Waals surface area (Å²) in [6.07, 6.45) is 1.37. The molecule has 2 N–H and O–H groups in total. The van der Waals surface area contributed by atoms with E-state index in [-0.39, 0.29) is 27.2 Å². The van der Waals surface area contributed by atoms with Crippen molar-refractivity contribution in [3.8, 4) is 11.5 Å². The molecule has 28 heavy (non-hydrogen) atoms. The Morgan fingerprint density at radius 3 is 2.61 bits per heavy atom. The van der Waals surface area contributed by atoms with Gasteiger partial charge in [-0.15, -0.1) is 0 Å². The summed E-state index contributed by atoms with van der Waals surface area (Å²) in [5, 5.41) is 12.5. The molecule has 1 saturated heterocycles. The molecule has 0 aliphatic carbocycles. The van der Waals surface area contributed by atoms with Crippen LogP contribution in [0.5, 0.6) is 11.5 Å². The number of carbonyl (C=O) groups excluding carboxylic acids is 2. The second-order valence-corrected chi connectivity index (χ2v) is 7.43. The van der Waals surface area contributed by atoms with Gasteiger partial charge in [0.25, 0.3) is 11.8 Å². The number of halogens is 2. The fourth-order valence-electron chi connectivity index (χ4n) is 2.59. The van der Waals surface area contributed by atoms with Gasteiger partial charge in [-0.3, -0.25) is 19.8 Å². The molecule has 2 aromatic rings. The van der Waals surface area contributed by atoms with E-state index < -0.39 is 11.8 Å². The molecule has 3 rings (SSSR count). The van der Waals surface area contributed by atoms with Gasteiger partial charge in [-0.1, -0.05) is 27.5 Å². The van der Waals surface area contributed by atoms with Crippen LogP contribution in [0.25, 0.3) is 6.08 Å². The number of nitrogens with zero attached hydrogens (tertiary/aromatic N) is 1. The average molecular weight is 482 g/mol. The van der Waals surface area contributed by atoms with E-state index in [2.05, 4.69) is 21.2 Å². The fourth-order valence-corrected chi connectivity index (χ4v) is 3.36. The Balaban J connectivity index is 2.03. The molecule has 0 atom stereocenters. The summed E-state index contributed by atoms with van der Waals surface area (Å²) in [6.45, 7) is 2.07. The van der Waals surface area contributed by atoms with Crippen molar-refractivity contribution in [3.05, 3.63) is 57.0 Å². The second-order valence-electron chi connectivity index (χ2n) is 5.72. The smallest absolute Gasteiger partial charge is 0.270 e. The van der Waals surface area contributed by atoms with E-state index >= 15 is 0 Å². The van der Waals surface area contributed by atoms with Crippen LogP contribution >= 0.6 is 39.7 Å². The number of amides is 2. The van der Waals surface area contributed by atoms with Crippen LogP contribution in [0.1, 0.15) is 12.5 Å². The van der Waals surface area contributed by atoms with Crippen LogP contribution in [0.4, 0.5) is 5.69 Å². The lowest BCUT2D eigenvalue weighted by Gasteiger charge is -2.29. The molecule has 0 spiro atoms. The van der Waals surface area contributed by atoms with Gasteiger partial charge < -0.3 is 9.84 Å². The van der Waals surface area contributed by atoms with E-state index in [4.69, 9.17) is 28.6 Å². The first kappa shape index (κ1) is 20.3. The highest BCUT2D eigenvalue weighted by atomic mass is 79.9. The first-order valence-electron chi connectivity index (χ1n) is 8.14. The van der Waals surface area contributed by atoms with E-state index in [1.807, 2.05) is 0 Å². The number of benzene rings is 2. The van der Waals surface area contributed by atoms with Crippen molar-refractivity contribution in [2.75, 3.05) is 11.5 Å². The van der Waals surface area contributed by atoms with Crippen molar-refractivity contribution in [3.63, 3.8) is 0 Å². The summed E-state index contributed by atoms with van der Waals surface area (Å²) in [6, 6.07) is 9.86. The third-order valence-corrected chi connectivity index (χ3v) is 4.95. The predicted octanol–water partition coefficient (Wildman–Crippen LogP) is 4.04. The first-order valence-corrected chi connectivity index (χ1v) is 9.72. The highest BCUT2D eigenvalue weighted by Gasteiger charge is 2.34.